The lowest BCUT2D eigenvalue weighted by atomic mass is 9.98. The Bertz CT molecular complexity index is 807. The molecule has 3 heteroatoms. The molecule has 26 heavy (non-hydrogen) atoms. The van der Waals surface area contributed by atoms with Crippen molar-refractivity contribution in [2.24, 2.45) is 0 Å². The van der Waals surface area contributed by atoms with Gasteiger partial charge in [0.05, 0.1) is 6.04 Å². The Morgan fingerprint density at radius 2 is 1.46 bits per heavy atom. The zero-order chi connectivity index (χ0) is 18.4. The van der Waals surface area contributed by atoms with Crippen LogP contribution in [0, 0.1) is 0 Å². The Balaban J connectivity index is 1.87. The highest BCUT2D eigenvalue weighted by Crippen LogP contribution is 2.28. The maximum Gasteiger partial charge on any atom is 0.173 e. The molecule has 3 aromatic carbocycles. The van der Waals surface area contributed by atoms with E-state index in [1.165, 1.54) is 16.7 Å². The van der Waals surface area contributed by atoms with E-state index in [9.17, 15) is 0 Å². The van der Waals surface area contributed by atoms with Crippen LogP contribution in [0.2, 0.25) is 0 Å². The summed E-state index contributed by atoms with van der Waals surface area (Å²) in [5, 5.41) is 4.10. The highest BCUT2D eigenvalue weighted by Gasteiger charge is 2.21. The van der Waals surface area contributed by atoms with Crippen LogP contribution >= 0.6 is 12.2 Å². The number of anilines is 1. The van der Waals surface area contributed by atoms with E-state index in [0.717, 1.165) is 12.1 Å². The van der Waals surface area contributed by atoms with Crippen LogP contribution in [-0.2, 0) is 6.42 Å². The van der Waals surface area contributed by atoms with Crippen LogP contribution in [0.5, 0.6) is 0 Å². The summed E-state index contributed by atoms with van der Waals surface area (Å²) in [6, 6.07) is 29.4. The lowest BCUT2D eigenvalue weighted by Gasteiger charge is -2.31. The normalized spacial score (nSPS) is 10.6. The van der Waals surface area contributed by atoms with Gasteiger partial charge in [-0.05, 0) is 47.5 Å². The van der Waals surface area contributed by atoms with E-state index in [4.69, 9.17) is 12.2 Å². The van der Waals surface area contributed by atoms with Crippen LogP contribution in [0.1, 0.15) is 29.7 Å². The van der Waals surface area contributed by atoms with E-state index in [-0.39, 0.29) is 6.04 Å². The molecule has 0 spiro atoms. The van der Waals surface area contributed by atoms with E-state index < -0.39 is 0 Å². The molecule has 0 radical (unpaired) electrons. The highest BCUT2D eigenvalue weighted by atomic mass is 32.1. The van der Waals surface area contributed by atoms with Crippen molar-refractivity contribution in [3.63, 3.8) is 0 Å². The molecule has 0 saturated carbocycles. The lowest BCUT2D eigenvalue weighted by molar-refractivity contribution is 0.434. The standard InChI is InChI=1S/C23H24N2S/c1-3-18-11-10-16-21(17-18)24-23(26)25(2)22(19-12-6-4-7-13-19)20-14-8-5-9-15-20/h4-17,22H,3H2,1-2H3,(H,24,26). The second-order valence-corrected chi connectivity index (χ2v) is 6.71. The summed E-state index contributed by atoms with van der Waals surface area (Å²) in [5.74, 6) is 0. The number of aryl methyl sites for hydroxylation is 1. The number of thiocarbonyl (C=S) groups is 1. The predicted octanol–water partition coefficient (Wildman–Crippen LogP) is 5.67. The van der Waals surface area contributed by atoms with Crippen LogP contribution in [0.25, 0.3) is 0 Å². The maximum absolute atomic E-state index is 5.73. The van der Waals surface area contributed by atoms with Crippen molar-refractivity contribution in [1.82, 2.24) is 4.90 Å². The molecule has 0 atom stereocenters. The molecule has 0 bridgehead atoms. The summed E-state index contributed by atoms with van der Waals surface area (Å²) in [5.41, 5.74) is 4.75. The van der Waals surface area contributed by atoms with Crippen molar-refractivity contribution >= 4 is 23.0 Å². The summed E-state index contributed by atoms with van der Waals surface area (Å²) in [7, 11) is 2.05. The van der Waals surface area contributed by atoms with E-state index in [0.29, 0.717) is 5.11 Å². The molecule has 3 aromatic rings. The Kier molecular flexibility index (Phi) is 6.03. The van der Waals surface area contributed by atoms with Gasteiger partial charge in [-0.25, -0.2) is 0 Å². The minimum absolute atomic E-state index is 0.0618. The molecule has 0 aliphatic carbocycles. The molecule has 0 aromatic heterocycles. The van der Waals surface area contributed by atoms with Gasteiger partial charge in [0, 0.05) is 12.7 Å². The minimum Gasteiger partial charge on any atom is -0.341 e. The molecule has 0 heterocycles. The molecular weight excluding hydrogens is 336 g/mol. The number of nitrogens with zero attached hydrogens (tertiary/aromatic N) is 1. The Morgan fingerprint density at radius 3 is 2.00 bits per heavy atom. The van der Waals surface area contributed by atoms with Crippen molar-refractivity contribution in [1.29, 1.82) is 0 Å². The first kappa shape index (κ1) is 18.2. The zero-order valence-corrected chi connectivity index (χ0v) is 16.0. The first-order valence-corrected chi connectivity index (χ1v) is 9.32. The van der Waals surface area contributed by atoms with Gasteiger partial charge in [-0.2, -0.15) is 0 Å². The van der Waals surface area contributed by atoms with Crippen LogP contribution in [0.3, 0.4) is 0 Å². The Hall–Kier alpha value is -2.65. The number of hydrogen-bond donors (Lipinski definition) is 1. The zero-order valence-electron chi connectivity index (χ0n) is 15.2. The summed E-state index contributed by atoms with van der Waals surface area (Å²) in [6.45, 7) is 2.16. The fraction of sp³-hybridized carbons (Fsp3) is 0.174. The van der Waals surface area contributed by atoms with Crippen LogP contribution in [-0.4, -0.2) is 17.1 Å². The number of nitrogens with one attached hydrogen (secondary N) is 1. The van der Waals surface area contributed by atoms with Gasteiger partial charge in [0.15, 0.2) is 5.11 Å². The third-order valence-electron chi connectivity index (χ3n) is 4.52. The fourth-order valence-corrected chi connectivity index (χ4v) is 3.33. The average Bonchev–Trinajstić information content (AvgIpc) is 2.70. The fourth-order valence-electron chi connectivity index (χ4n) is 3.11. The molecule has 132 valence electrons. The predicted molar refractivity (Wildman–Crippen MR) is 115 cm³/mol. The third-order valence-corrected chi connectivity index (χ3v) is 4.91. The van der Waals surface area contributed by atoms with Crippen LogP contribution in [0.15, 0.2) is 84.9 Å². The summed E-state index contributed by atoms with van der Waals surface area (Å²) >= 11 is 5.73. The molecule has 2 nitrogen and oxygen atoms in total. The van der Waals surface area contributed by atoms with E-state index in [1.54, 1.807) is 0 Å². The van der Waals surface area contributed by atoms with Crippen LogP contribution < -0.4 is 5.32 Å². The molecule has 0 unspecified atom stereocenters. The van der Waals surface area contributed by atoms with Gasteiger partial charge >= 0.3 is 0 Å². The SMILES string of the molecule is CCc1cccc(NC(=S)N(C)C(c2ccccc2)c2ccccc2)c1. The average molecular weight is 361 g/mol. The third kappa shape index (κ3) is 4.30. The van der Waals surface area contributed by atoms with Gasteiger partial charge in [0.1, 0.15) is 0 Å². The van der Waals surface area contributed by atoms with E-state index in [1.807, 2.05) is 19.2 Å². The highest BCUT2D eigenvalue weighted by molar-refractivity contribution is 7.80. The molecule has 3 rings (SSSR count). The maximum atomic E-state index is 5.73. The van der Waals surface area contributed by atoms with Gasteiger partial charge in [0.2, 0.25) is 0 Å². The molecule has 0 fully saturated rings. The van der Waals surface area contributed by atoms with Crippen molar-refractivity contribution < 1.29 is 0 Å². The number of hydrogen-bond acceptors (Lipinski definition) is 1. The van der Waals surface area contributed by atoms with Crippen molar-refractivity contribution in [3.05, 3.63) is 102 Å². The van der Waals surface area contributed by atoms with Gasteiger partial charge < -0.3 is 10.2 Å². The number of benzene rings is 3. The summed E-state index contributed by atoms with van der Waals surface area (Å²) in [4.78, 5) is 2.12. The Morgan fingerprint density at radius 1 is 0.885 bits per heavy atom. The minimum atomic E-state index is 0.0618. The largest absolute Gasteiger partial charge is 0.341 e. The summed E-state index contributed by atoms with van der Waals surface area (Å²) < 4.78 is 0. The van der Waals surface area contributed by atoms with Crippen molar-refractivity contribution in [2.75, 3.05) is 12.4 Å². The quantitative estimate of drug-likeness (QED) is 0.590. The number of rotatable bonds is 5. The van der Waals surface area contributed by atoms with E-state index >= 15 is 0 Å². The van der Waals surface area contributed by atoms with Gasteiger partial charge in [-0.3, -0.25) is 0 Å². The molecule has 0 amide bonds. The smallest absolute Gasteiger partial charge is 0.173 e. The second kappa shape index (κ2) is 8.63. The molecule has 1 N–H and O–H groups in total. The lowest BCUT2D eigenvalue weighted by Crippen LogP contribution is -2.35. The first-order chi connectivity index (χ1) is 12.7. The van der Waals surface area contributed by atoms with E-state index in [2.05, 4.69) is 89.9 Å². The van der Waals surface area contributed by atoms with Gasteiger partial charge in [-0.15, -0.1) is 0 Å². The molecule has 0 saturated heterocycles. The van der Waals surface area contributed by atoms with Gasteiger partial charge in [0.25, 0.3) is 0 Å². The first-order valence-electron chi connectivity index (χ1n) is 8.91. The Labute approximate surface area is 161 Å². The molecular formula is C23H24N2S. The topological polar surface area (TPSA) is 15.3 Å². The summed E-state index contributed by atoms with van der Waals surface area (Å²) in [6.07, 6.45) is 1.01. The van der Waals surface area contributed by atoms with Crippen LogP contribution in [0.4, 0.5) is 5.69 Å². The van der Waals surface area contributed by atoms with Crippen molar-refractivity contribution in [3.8, 4) is 0 Å². The second-order valence-electron chi connectivity index (χ2n) is 6.32. The van der Waals surface area contributed by atoms with Crippen molar-refractivity contribution in [2.45, 2.75) is 19.4 Å². The molecule has 0 aliphatic heterocycles. The van der Waals surface area contributed by atoms with Gasteiger partial charge in [-0.1, -0.05) is 79.7 Å². The molecule has 0 aliphatic rings. The monoisotopic (exact) mass is 360 g/mol.